The van der Waals surface area contributed by atoms with Crippen molar-refractivity contribution in [2.45, 2.75) is 25.3 Å². The van der Waals surface area contributed by atoms with Gasteiger partial charge in [-0.1, -0.05) is 11.6 Å². The standard InChI is InChI=1S/C14H19ClN2O3/c1-9-7-11(12(19-2)8-10(9)15)17-13(18)14(16)3-5-20-6-4-14/h7-8H,3-6,16H2,1-2H3,(H,17,18). The summed E-state index contributed by atoms with van der Waals surface area (Å²) in [6, 6.07) is 3.46. The predicted octanol–water partition coefficient (Wildman–Crippen LogP) is 2.10. The fourth-order valence-electron chi connectivity index (χ4n) is 2.14. The van der Waals surface area contributed by atoms with E-state index in [1.165, 1.54) is 7.11 Å². The number of carbonyl (C=O) groups excluding carboxylic acids is 1. The van der Waals surface area contributed by atoms with Gasteiger partial charge in [0.25, 0.3) is 0 Å². The molecule has 5 nitrogen and oxygen atoms in total. The number of hydrogen-bond acceptors (Lipinski definition) is 4. The van der Waals surface area contributed by atoms with Crippen molar-refractivity contribution in [1.82, 2.24) is 0 Å². The van der Waals surface area contributed by atoms with Crippen LogP contribution in [0, 0.1) is 6.92 Å². The number of aryl methyl sites for hydroxylation is 1. The zero-order valence-electron chi connectivity index (χ0n) is 11.7. The van der Waals surface area contributed by atoms with Crippen LogP contribution in [-0.4, -0.2) is 31.8 Å². The van der Waals surface area contributed by atoms with Crippen LogP contribution in [-0.2, 0) is 9.53 Å². The molecule has 1 saturated heterocycles. The topological polar surface area (TPSA) is 73.6 Å². The average molecular weight is 299 g/mol. The zero-order chi connectivity index (χ0) is 14.8. The Bertz CT molecular complexity index is 513. The van der Waals surface area contributed by atoms with Crippen molar-refractivity contribution >= 4 is 23.2 Å². The van der Waals surface area contributed by atoms with Gasteiger partial charge in [0.1, 0.15) is 11.3 Å². The van der Waals surface area contributed by atoms with Crippen LogP contribution in [0.4, 0.5) is 5.69 Å². The minimum absolute atomic E-state index is 0.221. The summed E-state index contributed by atoms with van der Waals surface area (Å²) < 4.78 is 10.5. The quantitative estimate of drug-likeness (QED) is 0.896. The van der Waals surface area contributed by atoms with E-state index < -0.39 is 5.54 Å². The van der Waals surface area contributed by atoms with Crippen LogP contribution in [0.25, 0.3) is 0 Å². The lowest BCUT2D eigenvalue weighted by molar-refractivity contribution is -0.124. The number of hydrogen-bond donors (Lipinski definition) is 2. The van der Waals surface area contributed by atoms with Crippen molar-refractivity contribution in [3.63, 3.8) is 0 Å². The number of methoxy groups -OCH3 is 1. The van der Waals surface area contributed by atoms with E-state index in [0.717, 1.165) is 5.56 Å². The first-order valence-electron chi connectivity index (χ1n) is 6.48. The second kappa shape index (κ2) is 5.99. The van der Waals surface area contributed by atoms with Gasteiger partial charge in [-0.15, -0.1) is 0 Å². The monoisotopic (exact) mass is 298 g/mol. The Labute approximate surface area is 123 Å². The number of nitrogens with two attached hydrogens (primary N) is 1. The molecule has 2 rings (SSSR count). The molecule has 1 amide bonds. The maximum Gasteiger partial charge on any atom is 0.244 e. The van der Waals surface area contributed by atoms with Crippen molar-refractivity contribution in [2.24, 2.45) is 5.73 Å². The van der Waals surface area contributed by atoms with Crippen LogP contribution in [0.5, 0.6) is 5.75 Å². The molecule has 1 fully saturated rings. The highest BCUT2D eigenvalue weighted by atomic mass is 35.5. The number of halogens is 1. The SMILES string of the molecule is COc1cc(Cl)c(C)cc1NC(=O)C1(N)CCOCC1. The lowest BCUT2D eigenvalue weighted by atomic mass is 9.90. The molecule has 0 aliphatic carbocycles. The van der Waals surface area contributed by atoms with Crippen molar-refractivity contribution in [2.75, 3.05) is 25.6 Å². The van der Waals surface area contributed by atoms with Gasteiger partial charge in [0.2, 0.25) is 5.91 Å². The van der Waals surface area contributed by atoms with Crippen molar-refractivity contribution < 1.29 is 14.3 Å². The van der Waals surface area contributed by atoms with Crippen molar-refractivity contribution in [3.05, 3.63) is 22.7 Å². The molecular weight excluding hydrogens is 280 g/mol. The molecule has 0 saturated carbocycles. The average Bonchev–Trinajstić information content (AvgIpc) is 2.43. The van der Waals surface area contributed by atoms with Gasteiger partial charge in [-0.2, -0.15) is 0 Å². The predicted molar refractivity (Wildman–Crippen MR) is 78.3 cm³/mol. The first-order valence-corrected chi connectivity index (χ1v) is 6.86. The Morgan fingerprint density at radius 3 is 2.70 bits per heavy atom. The first-order chi connectivity index (χ1) is 9.46. The third kappa shape index (κ3) is 3.06. The molecule has 0 radical (unpaired) electrons. The fourth-order valence-corrected chi connectivity index (χ4v) is 2.29. The van der Waals surface area contributed by atoms with Crippen LogP contribution in [0.2, 0.25) is 5.02 Å². The van der Waals surface area contributed by atoms with E-state index in [9.17, 15) is 4.79 Å². The van der Waals surface area contributed by atoms with E-state index in [1.807, 2.05) is 6.92 Å². The van der Waals surface area contributed by atoms with Gasteiger partial charge in [0.15, 0.2) is 0 Å². The molecule has 1 aromatic carbocycles. The van der Waals surface area contributed by atoms with Crippen LogP contribution < -0.4 is 15.8 Å². The summed E-state index contributed by atoms with van der Waals surface area (Å²) in [5, 5.41) is 3.43. The smallest absolute Gasteiger partial charge is 0.244 e. The van der Waals surface area contributed by atoms with Crippen LogP contribution in [0.1, 0.15) is 18.4 Å². The zero-order valence-corrected chi connectivity index (χ0v) is 12.4. The number of amides is 1. The van der Waals surface area contributed by atoms with Crippen molar-refractivity contribution in [3.8, 4) is 5.75 Å². The van der Waals surface area contributed by atoms with E-state index in [-0.39, 0.29) is 5.91 Å². The molecule has 20 heavy (non-hydrogen) atoms. The molecule has 1 aliphatic rings. The van der Waals surface area contributed by atoms with Crippen molar-refractivity contribution in [1.29, 1.82) is 0 Å². The third-order valence-corrected chi connectivity index (χ3v) is 3.97. The summed E-state index contributed by atoms with van der Waals surface area (Å²) in [6.45, 7) is 2.87. The lowest BCUT2D eigenvalue weighted by Gasteiger charge is -2.32. The fraction of sp³-hybridized carbons (Fsp3) is 0.500. The molecule has 0 atom stereocenters. The summed E-state index contributed by atoms with van der Waals surface area (Å²) in [4.78, 5) is 12.4. The Morgan fingerprint density at radius 1 is 1.45 bits per heavy atom. The number of benzene rings is 1. The molecule has 0 spiro atoms. The van der Waals surface area contributed by atoms with Crippen LogP contribution in [0.15, 0.2) is 12.1 Å². The molecular formula is C14H19ClN2O3. The van der Waals surface area contributed by atoms with Gasteiger partial charge < -0.3 is 20.5 Å². The summed E-state index contributed by atoms with van der Waals surface area (Å²) in [5.74, 6) is 0.297. The van der Waals surface area contributed by atoms with Gasteiger partial charge in [0, 0.05) is 24.3 Å². The van der Waals surface area contributed by atoms with E-state index in [4.69, 9.17) is 26.8 Å². The third-order valence-electron chi connectivity index (χ3n) is 3.57. The Morgan fingerprint density at radius 2 is 2.10 bits per heavy atom. The number of nitrogens with one attached hydrogen (secondary N) is 1. The summed E-state index contributed by atoms with van der Waals surface area (Å²) >= 11 is 6.04. The van der Waals surface area contributed by atoms with Crippen LogP contribution >= 0.6 is 11.6 Å². The first kappa shape index (κ1) is 15.1. The number of carbonyl (C=O) groups is 1. The normalized spacial score (nSPS) is 17.6. The van der Waals surface area contributed by atoms with Gasteiger partial charge in [-0.3, -0.25) is 4.79 Å². The second-order valence-electron chi connectivity index (χ2n) is 5.02. The molecule has 1 aromatic rings. The van der Waals surface area contributed by atoms with Gasteiger partial charge in [-0.25, -0.2) is 0 Å². The summed E-state index contributed by atoms with van der Waals surface area (Å²) in [6.07, 6.45) is 1.02. The highest BCUT2D eigenvalue weighted by Gasteiger charge is 2.36. The number of anilines is 1. The largest absolute Gasteiger partial charge is 0.495 e. The molecule has 110 valence electrons. The van der Waals surface area contributed by atoms with Crippen LogP contribution in [0.3, 0.4) is 0 Å². The van der Waals surface area contributed by atoms with E-state index in [1.54, 1.807) is 12.1 Å². The molecule has 6 heteroatoms. The maximum absolute atomic E-state index is 12.4. The maximum atomic E-state index is 12.4. The highest BCUT2D eigenvalue weighted by molar-refractivity contribution is 6.31. The summed E-state index contributed by atoms with van der Waals surface area (Å²) in [5.41, 5.74) is 6.70. The molecule has 0 bridgehead atoms. The highest BCUT2D eigenvalue weighted by Crippen LogP contribution is 2.32. The number of ether oxygens (including phenoxy) is 2. The molecule has 1 aliphatic heterocycles. The van der Waals surface area contributed by atoms with E-state index in [2.05, 4.69) is 5.32 Å². The van der Waals surface area contributed by atoms with E-state index in [0.29, 0.717) is 42.5 Å². The van der Waals surface area contributed by atoms with Gasteiger partial charge in [0.05, 0.1) is 12.8 Å². The molecule has 3 N–H and O–H groups in total. The molecule has 0 aromatic heterocycles. The molecule has 0 unspecified atom stereocenters. The molecule has 1 heterocycles. The Hall–Kier alpha value is -1.30. The van der Waals surface area contributed by atoms with Gasteiger partial charge >= 0.3 is 0 Å². The Balaban J connectivity index is 2.21. The van der Waals surface area contributed by atoms with E-state index >= 15 is 0 Å². The summed E-state index contributed by atoms with van der Waals surface area (Å²) in [7, 11) is 1.53. The van der Waals surface area contributed by atoms with Gasteiger partial charge in [-0.05, 0) is 31.4 Å². The minimum atomic E-state index is -0.892. The number of rotatable bonds is 3. The Kier molecular flexibility index (Phi) is 4.52. The minimum Gasteiger partial charge on any atom is -0.495 e. The second-order valence-corrected chi connectivity index (χ2v) is 5.43. The lowest BCUT2D eigenvalue weighted by Crippen LogP contribution is -2.54.